The molecule has 0 fully saturated rings. The van der Waals surface area contributed by atoms with Crippen LogP contribution >= 0.6 is 11.3 Å². The lowest BCUT2D eigenvalue weighted by atomic mass is 10.1. The van der Waals surface area contributed by atoms with Gasteiger partial charge in [-0.25, -0.2) is 0 Å². The summed E-state index contributed by atoms with van der Waals surface area (Å²) in [5.74, 6) is 0.0224. The van der Waals surface area contributed by atoms with Gasteiger partial charge in [0.1, 0.15) is 0 Å². The molecule has 0 bridgehead atoms. The third-order valence-corrected chi connectivity index (χ3v) is 4.46. The molecule has 3 rings (SSSR count). The number of nitrogen functional groups attached to an aromatic ring is 1. The lowest BCUT2D eigenvalue weighted by Crippen LogP contribution is -2.35. The SMILES string of the molecule is Cc1ncc(N)cc1C(=O)N1CCc2sccc2C1. The number of pyridine rings is 1. The molecule has 0 radical (unpaired) electrons. The molecule has 0 unspecified atom stereocenters. The van der Waals surface area contributed by atoms with E-state index in [9.17, 15) is 4.79 Å². The summed E-state index contributed by atoms with van der Waals surface area (Å²) >= 11 is 1.77. The zero-order chi connectivity index (χ0) is 13.4. The standard InChI is InChI=1S/C14H15N3OS/c1-9-12(6-11(15)7-16-9)14(18)17-4-2-13-10(8-17)3-5-19-13/h3,5-7H,2,4,8,15H2,1H3. The Balaban J connectivity index is 1.87. The number of hydrogen-bond acceptors (Lipinski definition) is 4. The average molecular weight is 273 g/mol. The zero-order valence-corrected chi connectivity index (χ0v) is 11.5. The molecule has 0 saturated heterocycles. The number of carbonyl (C=O) groups is 1. The van der Waals surface area contributed by atoms with Gasteiger partial charge in [0.25, 0.3) is 5.91 Å². The molecule has 0 aromatic carbocycles. The van der Waals surface area contributed by atoms with Crippen LogP contribution in [-0.2, 0) is 13.0 Å². The summed E-state index contributed by atoms with van der Waals surface area (Å²) in [6.07, 6.45) is 2.52. The number of amides is 1. The topological polar surface area (TPSA) is 59.2 Å². The quantitative estimate of drug-likeness (QED) is 0.866. The molecule has 0 aliphatic carbocycles. The van der Waals surface area contributed by atoms with Gasteiger partial charge in [-0.2, -0.15) is 0 Å². The number of nitrogens with two attached hydrogens (primary N) is 1. The molecule has 1 amide bonds. The fourth-order valence-corrected chi connectivity index (χ4v) is 3.25. The zero-order valence-electron chi connectivity index (χ0n) is 10.7. The van der Waals surface area contributed by atoms with Crippen molar-refractivity contribution in [3.05, 3.63) is 45.4 Å². The Bertz CT molecular complexity index is 635. The van der Waals surface area contributed by atoms with Crippen molar-refractivity contribution < 1.29 is 4.79 Å². The molecule has 0 saturated carbocycles. The molecule has 98 valence electrons. The van der Waals surface area contributed by atoms with Crippen LogP contribution in [0.25, 0.3) is 0 Å². The highest BCUT2D eigenvalue weighted by Gasteiger charge is 2.23. The van der Waals surface area contributed by atoms with Crippen molar-refractivity contribution in [3.63, 3.8) is 0 Å². The van der Waals surface area contributed by atoms with Crippen LogP contribution in [0.15, 0.2) is 23.7 Å². The van der Waals surface area contributed by atoms with E-state index in [2.05, 4.69) is 16.4 Å². The minimum Gasteiger partial charge on any atom is -0.397 e. The van der Waals surface area contributed by atoms with Gasteiger partial charge in [-0.05, 0) is 36.4 Å². The third kappa shape index (κ3) is 2.21. The second-order valence-electron chi connectivity index (χ2n) is 4.75. The first-order chi connectivity index (χ1) is 9.15. The van der Waals surface area contributed by atoms with Gasteiger partial charge in [0.15, 0.2) is 0 Å². The van der Waals surface area contributed by atoms with Gasteiger partial charge in [0.05, 0.1) is 23.1 Å². The van der Waals surface area contributed by atoms with Gasteiger partial charge in [0, 0.05) is 18.0 Å². The van der Waals surface area contributed by atoms with Gasteiger partial charge in [-0.1, -0.05) is 0 Å². The third-order valence-electron chi connectivity index (χ3n) is 3.43. The highest BCUT2D eigenvalue weighted by atomic mass is 32.1. The molecule has 2 aromatic heterocycles. The van der Waals surface area contributed by atoms with Gasteiger partial charge >= 0.3 is 0 Å². The van der Waals surface area contributed by atoms with Crippen molar-refractivity contribution in [2.45, 2.75) is 19.9 Å². The molecule has 0 atom stereocenters. The maximum Gasteiger partial charge on any atom is 0.256 e. The lowest BCUT2D eigenvalue weighted by molar-refractivity contribution is 0.0734. The van der Waals surface area contributed by atoms with Crippen LogP contribution in [0.1, 0.15) is 26.5 Å². The minimum absolute atomic E-state index is 0.0224. The molecule has 0 spiro atoms. The molecule has 1 aliphatic rings. The Labute approximate surface area is 115 Å². The Morgan fingerprint density at radius 3 is 3.21 bits per heavy atom. The van der Waals surface area contributed by atoms with E-state index in [1.807, 2.05) is 11.8 Å². The predicted molar refractivity (Wildman–Crippen MR) is 76.1 cm³/mol. The summed E-state index contributed by atoms with van der Waals surface area (Å²) in [7, 11) is 0. The largest absolute Gasteiger partial charge is 0.397 e. The number of nitrogens with zero attached hydrogens (tertiary/aromatic N) is 2. The summed E-state index contributed by atoms with van der Waals surface area (Å²) in [5, 5.41) is 2.09. The van der Waals surface area contributed by atoms with Crippen LogP contribution in [0, 0.1) is 6.92 Å². The Hall–Kier alpha value is -1.88. The predicted octanol–water partition coefficient (Wildman–Crippen LogP) is 2.23. The summed E-state index contributed by atoms with van der Waals surface area (Å²) in [4.78, 5) is 20.0. The number of hydrogen-bond donors (Lipinski definition) is 1. The first-order valence-electron chi connectivity index (χ1n) is 6.22. The van der Waals surface area contributed by atoms with Gasteiger partial charge in [-0.15, -0.1) is 11.3 Å². The molecule has 5 heteroatoms. The molecule has 1 aliphatic heterocycles. The van der Waals surface area contributed by atoms with Crippen LogP contribution in [-0.4, -0.2) is 22.3 Å². The Kier molecular flexibility index (Phi) is 2.98. The molecule has 2 N–H and O–H groups in total. The van der Waals surface area contributed by atoms with Crippen LogP contribution in [0.5, 0.6) is 0 Å². The number of fused-ring (bicyclic) bond motifs is 1. The smallest absolute Gasteiger partial charge is 0.256 e. The fourth-order valence-electron chi connectivity index (χ4n) is 2.36. The van der Waals surface area contributed by atoms with E-state index >= 15 is 0 Å². The van der Waals surface area contributed by atoms with Gasteiger partial charge in [-0.3, -0.25) is 9.78 Å². The van der Waals surface area contributed by atoms with Crippen molar-refractivity contribution in [2.24, 2.45) is 0 Å². The van der Waals surface area contributed by atoms with Crippen LogP contribution in [0.4, 0.5) is 5.69 Å². The first kappa shape index (κ1) is 12.2. The van der Waals surface area contributed by atoms with E-state index in [1.165, 1.54) is 10.4 Å². The average Bonchev–Trinajstić information content (AvgIpc) is 2.88. The van der Waals surface area contributed by atoms with Crippen molar-refractivity contribution in [2.75, 3.05) is 12.3 Å². The minimum atomic E-state index is 0.0224. The summed E-state index contributed by atoms with van der Waals surface area (Å²) in [5.41, 5.74) is 8.86. The number of aromatic nitrogens is 1. The highest BCUT2D eigenvalue weighted by molar-refractivity contribution is 7.10. The van der Waals surface area contributed by atoms with E-state index in [1.54, 1.807) is 23.6 Å². The molecule has 2 aromatic rings. The second kappa shape index (κ2) is 4.66. The fraction of sp³-hybridized carbons (Fsp3) is 0.286. The van der Waals surface area contributed by atoms with Crippen LogP contribution < -0.4 is 5.73 Å². The Morgan fingerprint density at radius 2 is 2.37 bits per heavy atom. The normalized spacial score (nSPS) is 14.3. The number of rotatable bonds is 1. The maximum absolute atomic E-state index is 12.5. The van der Waals surface area contributed by atoms with Gasteiger partial charge in [0.2, 0.25) is 0 Å². The van der Waals surface area contributed by atoms with E-state index < -0.39 is 0 Å². The lowest BCUT2D eigenvalue weighted by Gasteiger charge is -2.27. The molecule has 3 heterocycles. The number of thiophene rings is 1. The van der Waals surface area contributed by atoms with E-state index in [-0.39, 0.29) is 5.91 Å². The van der Waals surface area contributed by atoms with Crippen molar-refractivity contribution in [1.29, 1.82) is 0 Å². The van der Waals surface area contributed by atoms with Crippen LogP contribution in [0.3, 0.4) is 0 Å². The Morgan fingerprint density at radius 1 is 1.53 bits per heavy atom. The van der Waals surface area contributed by atoms with Crippen molar-refractivity contribution in [1.82, 2.24) is 9.88 Å². The second-order valence-corrected chi connectivity index (χ2v) is 5.75. The molecule has 19 heavy (non-hydrogen) atoms. The molecular formula is C14H15N3OS. The summed E-state index contributed by atoms with van der Waals surface area (Å²) < 4.78 is 0. The van der Waals surface area contributed by atoms with E-state index in [4.69, 9.17) is 5.73 Å². The summed E-state index contributed by atoms with van der Waals surface area (Å²) in [6, 6.07) is 3.82. The van der Waals surface area contributed by atoms with Crippen molar-refractivity contribution >= 4 is 22.9 Å². The number of aryl methyl sites for hydroxylation is 1. The van der Waals surface area contributed by atoms with Gasteiger partial charge < -0.3 is 10.6 Å². The van der Waals surface area contributed by atoms with E-state index in [0.717, 1.165) is 18.7 Å². The maximum atomic E-state index is 12.5. The highest BCUT2D eigenvalue weighted by Crippen LogP contribution is 2.25. The monoisotopic (exact) mass is 273 g/mol. The summed E-state index contributed by atoms with van der Waals surface area (Å²) in [6.45, 7) is 3.29. The number of anilines is 1. The van der Waals surface area contributed by atoms with E-state index in [0.29, 0.717) is 17.8 Å². The molecule has 4 nitrogen and oxygen atoms in total. The first-order valence-corrected chi connectivity index (χ1v) is 7.10. The van der Waals surface area contributed by atoms with Crippen LogP contribution in [0.2, 0.25) is 0 Å². The number of carbonyl (C=O) groups excluding carboxylic acids is 1. The molecular weight excluding hydrogens is 258 g/mol. The van der Waals surface area contributed by atoms with Crippen molar-refractivity contribution in [3.8, 4) is 0 Å².